The molecular formula is C27H39ClO5S. The second kappa shape index (κ2) is 9.55. The van der Waals surface area contributed by atoms with Gasteiger partial charge < -0.3 is 9.84 Å². The lowest BCUT2D eigenvalue weighted by Crippen LogP contribution is -2.63. The fourth-order valence-electron chi connectivity index (χ4n) is 8.09. The van der Waals surface area contributed by atoms with Crippen LogP contribution in [-0.4, -0.2) is 51.2 Å². The summed E-state index contributed by atoms with van der Waals surface area (Å²) in [6, 6.07) is 0. The third-order valence-electron chi connectivity index (χ3n) is 9.63. The van der Waals surface area contributed by atoms with Crippen LogP contribution in [0, 0.1) is 28.6 Å². The van der Waals surface area contributed by atoms with E-state index in [1.807, 2.05) is 13.0 Å². The first-order valence-corrected chi connectivity index (χ1v) is 14.4. The van der Waals surface area contributed by atoms with E-state index in [4.69, 9.17) is 16.3 Å². The van der Waals surface area contributed by atoms with Gasteiger partial charge in [0.15, 0.2) is 17.2 Å². The predicted molar refractivity (Wildman–Crippen MR) is 135 cm³/mol. The SMILES string of the molecule is CC(C)SCCC(=O)O[C@]1(C(=O)CCl)CC[C@H]2[C@@H]3CCC4=CC(=O)CC[C@]4(C)[C@H]3[C@@H](O)C[C@@]21C. The average molecular weight is 511 g/mol. The molecule has 3 saturated carbocycles. The number of aliphatic hydroxyl groups is 1. The van der Waals surface area contributed by atoms with Crippen molar-refractivity contribution < 1.29 is 24.2 Å². The molecule has 7 heteroatoms. The van der Waals surface area contributed by atoms with Gasteiger partial charge in [0.25, 0.3) is 0 Å². The molecule has 0 aliphatic heterocycles. The average Bonchev–Trinajstić information content (AvgIpc) is 3.05. The van der Waals surface area contributed by atoms with Crippen LogP contribution >= 0.6 is 23.4 Å². The summed E-state index contributed by atoms with van der Waals surface area (Å²) in [5.74, 6) is 0.507. The number of rotatable bonds is 7. The van der Waals surface area contributed by atoms with Gasteiger partial charge in [0.2, 0.25) is 0 Å². The summed E-state index contributed by atoms with van der Waals surface area (Å²) in [5.41, 5.74) is -0.931. The van der Waals surface area contributed by atoms with Gasteiger partial charge in [-0.15, -0.1) is 11.6 Å². The molecule has 0 aromatic carbocycles. The quantitative estimate of drug-likeness (QED) is 0.378. The molecule has 7 atom stereocenters. The van der Waals surface area contributed by atoms with Gasteiger partial charge in [-0.25, -0.2) is 0 Å². The number of fused-ring (bicyclic) bond motifs is 5. The van der Waals surface area contributed by atoms with Crippen molar-refractivity contribution in [3.05, 3.63) is 11.6 Å². The Morgan fingerprint density at radius 3 is 2.65 bits per heavy atom. The van der Waals surface area contributed by atoms with E-state index < -0.39 is 17.1 Å². The Morgan fingerprint density at radius 1 is 1.24 bits per heavy atom. The molecular weight excluding hydrogens is 472 g/mol. The van der Waals surface area contributed by atoms with Crippen LogP contribution < -0.4 is 0 Å². The number of aliphatic hydroxyl groups excluding tert-OH is 1. The number of halogens is 1. The number of hydrogen-bond donors (Lipinski definition) is 1. The highest BCUT2D eigenvalue weighted by Crippen LogP contribution is 2.68. The van der Waals surface area contributed by atoms with Crippen molar-refractivity contribution in [1.82, 2.24) is 0 Å². The Hall–Kier alpha value is -0.850. The second-order valence-electron chi connectivity index (χ2n) is 11.6. The second-order valence-corrected chi connectivity index (χ2v) is 13.6. The highest BCUT2D eigenvalue weighted by molar-refractivity contribution is 7.99. The van der Waals surface area contributed by atoms with Gasteiger partial charge in [-0.1, -0.05) is 33.3 Å². The lowest BCUT2D eigenvalue weighted by Gasteiger charge is -2.60. The van der Waals surface area contributed by atoms with E-state index >= 15 is 0 Å². The normalized spacial score (nSPS) is 41.4. The van der Waals surface area contributed by atoms with Crippen LogP contribution in [0.1, 0.15) is 79.1 Å². The van der Waals surface area contributed by atoms with Crippen molar-refractivity contribution in [3.63, 3.8) is 0 Å². The van der Waals surface area contributed by atoms with Crippen molar-refractivity contribution >= 4 is 40.9 Å². The minimum Gasteiger partial charge on any atom is -0.450 e. The molecule has 4 aliphatic rings. The Labute approximate surface area is 212 Å². The lowest BCUT2D eigenvalue weighted by atomic mass is 9.45. The summed E-state index contributed by atoms with van der Waals surface area (Å²) in [6.07, 6.45) is 6.17. The van der Waals surface area contributed by atoms with Gasteiger partial charge in [-0.2, -0.15) is 11.8 Å². The third-order valence-corrected chi connectivity index (χ3v) is 11.0. The molecule has 0 heterocycles. The highest BCUT2D eigenvalue weighted by atomic mass is 35.5. The van der Waals surface area contributed by atoms with Crippen LogP contribution in [0.3, 0.4) is 0 Å². The minimum absolute atomic E-state index is 0.0544. The largest absolute Gasteiger partial charge is 0.450 e. The maximum Gasteiger partial charge on any atom is 0.307 e. The van der Waals surface area contributed by atoms with Gasteiger partial charge in [-0.3, -0.25) is 14.4 Å². The Morgan fingerprint density at radius 2 is 1.97 bits per heavy atom. The third kappa shape index (κ3) is 4.10. The first-order valence-electron chi connectivity index (χ1n) is 12.8. The fraction of sp³-hybridized carbons (Fsp3) is 0.815. The van der Waals surface area contributed by atoms with Crippen molar-refractivity contribution in [1.29, 1.82) is 0 Å². The van der Waals surface area contributed by atoms with Crippen LogP contribution in [0.25, 0.3) is 0 Å². The molecule has 1 N–H and O–H groups in total. The number of Topliss-reactive ketones (excluding diaryl/α,β-unsaturated/α-hetero) is 1. The number of allylic oxidation sites excluding steroid dienone is 1. The van der Waals surface area contributed by atoms with Crippen molar-refractivity contribution in [3.8, 4) is 0 Å². The molecule has 0 spiro atoms. The Balaban J connectivity index is 1.64. The summed E-state index contributed by atoms with van der Waals surface area (Å²) < 4.78 is 6.13. The lowest BCUT2D eigenvalue weighted by molar-refractivity contribution is -0.199. The summed E-state index contributed by atoms with van der Waals surface area (Å²) in [4.78, 5) is 38.4. The monoisotopic (exact) mass is 510 g/mol. The summed E-state index contributed by atoms with van der Waals surface area (Å²) in [6.45, 7) is 8.43. The van der Waals surface area contributed by atoms with E-state index in [9.17, 15) is 19.5 Å². The molecule has 0 unspecified atom stereocenters. The molecule has 34 heavy (non-hydrogen) atoms. The maximum atomic E-state index is 13.4. The highest BCUT2D eigenvalue weighted by Gasteiger charge is 2.70. The standard InChI is InChI=1S/C27H39ClO5S/c1-16(2)34-12-9-23(32)33-27(22(31)15-28)11-8-20-19-6-5-17-13-18(29)7-10-25(17,3)24(19)21(30)14-26(20,27)4/h13,16,19-21,24,30H,5-12,14-15H2,1-4H3/t19-,20-,21-,24+,25-,26-,27-/m0/s1. The Bertz CT molecular complexity index is 886. The van der Waals surface area contributed by atoms with E-state index in [2.05, 4.69) is 20.8 Å². The van der Waals surface area contributed by atoms with E-state index in [1.54, 1.807) is 11.8 Å². The molecule has 0 saturated heterocycles. The number of carbonyl (C=O) groups excluding carboxylic acids is 3. The molecule has 0 aromatic rings. The van der Waals surface area contributed by atoms with Gasteiger partial charge in [0, 0.05) is 17.6 Å². The predicted octanol–water partition coefficient (Wildman–Crippen LogP) is 5.11. The summed E-state index contributed by atoms with van der Waals surface area (Å²) in [7, 11) is 0. The van der Waals surface area contributed by atoms with Gasteiger partial charge in [0.1, 0.15) is 0 Å². The van der Waals surface area contributed by atoms with E-state index in [1.165, 1.54) is 5.57 Å². The summed E-state index contributed by atoms with van der Waals surface area (Å²) in [5, 5.41) is 12.0. The number of ketones is 2. The topological polar surface area (TPSA) is 80.7 Å². The number of hydrogen-bond acceptors (Lipinski definition) is 6. The maximum absolute atomic E-state index is 13.4. The molecule has 4 rings (SSSR count). The van der Waals surface area contributed by atoms with Crippen molar-refractivity contribution in [2.75, 3.05) is 11.6 Å². The fourth-order valence-corrected chi connectivity index (χ4v) is 9.06. The summed E-state index contributed by atoms with van der Waals surface area (Å²) >= 11 is 7.79. The Kier molecular flexibility index (Phi) is 7.37. The van der Waals surface area contributed by atoms with Crippen LogP contribution in [0.15, 0.2) is 11.6 Å². The van der Waals surface area contributed by atoms with E-state index in [-0.39, 0.29) is 53.0 Å². The first kappa shape index (κ1) is 26.2. The molecule has 4 aliphatic carbocycles. The molecule has 0 amide bonds. The van der Waals surface area contributed by atoms with Gasteiger partial charge in [0.05, 0.1) is 18.4 Å². The van der Waals surface area contributed by atoms with E-state index in [0.29, 0.717) is 30.3 Å². The zero-order valence-electron chi connectivity index (χ0n) is 20.9. The molecule has 190 valence electrons. The van der Waals surface area contributed by atoms with Crippen LogP contribution in [0.2, 0.25) is 0 Å². The number of alkyl halides is 1. The molecule has 3 fully saturated rings. The minimum atomic E-state index is -1.27. The molecule has 0 bridgehead atoms. The van der Waals surface area contributed by atoms with Gasteiger partial charge in [-0.05, 0) is 73.0 Å². The smallest absolute Gasteiger partial charge is 0.307 e. The van der Waals surface area contributed by atoms with E-state index in [0.717, 1.165) is 25.7 Å². The molecule has 0 radical (unpaired) electrons. The molecule has 5 nitrogen and oxygen atoms in total. The zero-order valence-corrected chi connectivity index (χ0v) is 22.5. The zero-order chi connectivity index (χ0) is 24.9. The van der Waals surface area contributed by atoms with Crippen LogP contribution in [0.4, 0.5) is 0 Å². The van der Waals surface area contributed by atoms with Crippen LogP contribution in [0.5, 0.6) is 0 Å². The number of thioether (sulfide) groups is 1. The number of ether oxygens (including phenoxy) is 1. The van der Waals surface area contributed by atoms with Gasteiger partial charge >= 0.3 is 5.97 Å². The van der Waals surface area contributed by atoms with Crippen molar-refractivity contribution in [2.24, 2.45) is 28.6 Å². The molecule has 0 aromatic heterocycles. The first-order chi connectivity index (χ1) is 16.0. The number of esters is 1. The van der Waals surface area contributed by atoms with Crippen molar-refractivity contribution in [2.45, 2.75) is 96.0 Å². The number of carbonyl (C=O) groups is 3. The van der Waals surface area contributed by atoms with Crippen LogP contribution in [-0.2, 0) is 19.1 Å².